The Hall–Kier alpha value is -1.81. The van der Waals surface area contributed by atoms with Crippen LogP contribution in [0.25, 0.3) is 10.9 Å². The Morgan fingerprint density at radius 3 is 2.65 bits per heavy atom. The van der Waals surface area contributed by atoms with Crippen molar-refractivity contribution >= 4 is 16.8 Å². The summed E-state index contributed by atoms with van der Waals surface area (Å²) in [4.78, 5) is 15.7. The first-order valence-corrected chi connectivity index (χ1v) is 10.1. The second-order valence-electron chi connectivity index (χ2n) is 8.75. The molecule has 1 unspecified atom stereocenters. The van der Waals surface area contributed by atoms with Crippen LogP contribution in [0.1, 0.15) is 55.9 Å². The molecule has 2 aromatic rings. The highest BCUT2D eigenvalue weighted by atomic mass is 16.5. The van der Waals surface area contributed by atoms with Crippen LogP contribution >= 0.6 is 0 Å². The fraction of sp³-hybridized carbons (Fsp3) is 0.591. The zero-order chi connectivity index (χ0) is 17.9. The fourth-order valence-electron chi connectivity index (χ4n) is 5.33. The Bertz CT molecular complexity index is 843. The summed E-state index contributed by atoms with van der Waals surface area (Å²) in [6.07, 6.45) is 6.91. The molecular formula is C22H28N2O2. The predicted octanol–water partition coefficient (Wildman–Crippen LogP) is 4.25. The van der Waals surface area contributed by atoms with Crippen molar-refractivity contribution in [1.82, 2.24) is 9.47 Å². The molecule has 1 aromatic carbocycles. The van der Waals surface area contributed by atoms with Crippen LogP contribution in [0, 0.1) is 11.3 Å². The van der Waals surface area contributed by atoms with Gasteiger partial charge in [-0.05, 0) is 63.6 Å². The standard InChI is InChI=1S/C22H28N2O2/c1-15(2)23-11-8-17-18(4-3-5-19(17)23)21(25)24-14-22(9-12-26-13-10-22)20(24)16-6-7-16/h3-5,8,11,15-16,20H,6-7,9-10,12-14H2,1-2H3. The Morgan fingerprint density at radius 2 is 1.96 bits per heavy atom. The second-order valence-corrected chi connectivity index (χ2v) is 8.75. The molecule has 2 saturated heterocycles. The van der Waals surface area contributed by atoms with E-state index in [1.54, 1.807) is 0 Å². The lowest BCUT2D eigenvalue weighted by atomic mass is 9.64. The Morgan fingerprint density at radius 1 is 1.19 bits per heavy atom. The number of amides is 1. The number of hydrogen-bond donors (Lipinski definition) is 0. The molecule has 1 aromatic heterocycles. The highest BCUT2D eigenvalue weighted by Gasteiger charge is 2.59. The molecule has 3 fully saturated rings. The van der Waals surface area contributed by atoms with Crippen molar-refractivity contribution in [2.75, 3.05) is 19.8 Å². The first kappa shape index (κ1) is 16.4. The van der Waals surface area contributed by atoms with Crippen molar-refractivity contribution in [3.8, 4) is 0 Å². The minimum atomic E-state index is 0.228. The quantitative estimate of drug-likeness (QED) is 0.827. The van der Waals surface area contributed by atoms with Gasteiger partial charge in [-0.3, -0.25) is 4.79 Å². The lowest BCUT2D eigenvalue weighted by molar-refractivity contribution is -0.120. The van der Waals surface area contributed by atoms with Crippen LogP contribution < -0.4 is 0 Å². The predicted molar refractivity (Wildman–Crippen MR) is 102 cm³/mol. The normalized spacial score (nSPS) is 25.0. The highest BCUT2D eigenvalue weighted by molar-refractivity contribution is 6.07. The summed E-state index contributed by atoms with van der Waals surface area (Å²) in [6.45, 7) is 7.00. The first-order chi connectivity index (χ1) is 12.6. The monoisotopic (exact) mass is 352 g/mol. The molecule has 4 nitrogen and oxygen atoms in total. The topological polar surface area (TPSA) is 34.5 Å². The smallest absolute Gasteiger partial charge is 0.254 e. The Balaban J connectivity index is 1.48. The number of ether oxygens (including phenoxy) is 1. The SMILES string of the molecule is CC(C)n1ccc2c(C(=O)N3CC4(CCOCC4)C3C3CC3)cccc21. The van der Waals surface area contributed by atoms with Gasteiger partial charge in [-0.15, -0.1) is 0 Å². The molecule has 26 heavy (non-hydrogen) atoms. The maximum absolute atomic E-state index is 13.5. The molecule has 0 radical (unpaired) electrons. The van der Waals surface area contributed by atoms with Gasteiger partial charge in [0, 0.05) is 59.9 Å². The Kier molecular flexibility index (Phi) is 3.68. The Labute approximate surface area is 155 Å². The van der Waals surface area contributed by atoms with Gasteiger partial charge in [0.25, 0.3) is 5.91 Å². The van der Waals surface area contributed by atoms with E-state index in [2.05, 4.69) is 41.6 Å². The maximum atomic E-state index is 13.5. The summed E-state index contributed by atoms with van der Waals surface area (Å²) in [5, 5.41) is 1.09. The summed E-state index contributed by atoms with van der Waals surface area (Å²) < 4.78 is 7.86. The number of hydrogen-bond acceptors (Lipinski definition) is 2. The van der Waals surface area contributed by atoms with Gasteiger partial charge >= 0.3 is 0 Å². The number of carbonyl (C=O) groups excluding carboxylic acids is 1. The van der Waals surface area contributed by atoms with Crippen LogP contribution in [0.15, 0.2) is 30.5 Å². The van der Waals surface area contributed by atoms with E-state index in [0.29, 0.717) is 23.4 Å². The van der Waals surface area contributed by atoms with E-state index in [-0.39, 0.29) is 5.91 Å². The zero-order valence-electron chi connectivity index (χ0n) is 15.8. The summed E-state index contributed by atoms with van der Waals surface area (Å²) in [5.74, 6) is 0.941. The molecule has 3 heterocycles. The number of likely N-dealkylation sites (tertiary alicyclic amines) is 1. The van der Waals surface area contributed by atoms with Gasteiger partial charge in [-0.1, -0.05) is 6.07 Å². The number of nitrogens with zero attached hydrogens (tertiary/aromatic N) is 2. The van der Waals surface area contributed by atoms with E-state index >= 15 is 0 Å². The van der Waals surface area contributed by atoms with Gasteiger partial charge in [0.15, 0.2) is 0 Å². The maximum Gasteiger partial charge on any atom is 0.254 e. The largest absolute Gasteiger partial charge is 0.381 e. The first-order valence-electron chi connectivity index (χ1n) is 10.1. The van der Waals surface area contributed by atoms with E-state index in [1.807, 2.05) is 12.1 Å². The van der Waals surface area contributed by atoms with E-state index < -0.39 is 0 Å². The summed E-state index contributed by atoms with van der Waals surface area (Å²) in [6, 6.07) is 9.10. The third-order valence-corrected chi connectivity index (χ3v) is 6.82. The molecule has 1 spiro atoms. The number of aromatic nitrogens is 1. The third kappa shape index (κ3) is 2.34. The van der Waals surface area contributed by atoms with E-state index in [4.69, 9.17) is 4.74 Å². The molecule has 1 atom stereocenters. The zero-order valence-corrected chi connectivity index (χ0v) is 15.8. The van der Waals surface area contributed by atoms with Gasteiger partial charge in [0.1, 0.15) is 0 Å². The van der Waals surface area contributed by atoms with Crippen LogP contribution in [-0.2, 0) is 4.74 Å². The van der Waals surface area contributed by atoms with Crippen LogP contribution in [-0.4, -0.2) is 41.2 Å². The lowest BCUT2D eigenvalue weighted by Crippen LogP contribution is -2.68. The molecule has 0 bridgehead atoms. The van der Waals surface area contributed by atoms with E-state index in [1.165, 1.54) is 12.8 Å². The van der Waals surface area contributed by atoms with Crippen LogP contribution in [0.5, 0.6) is 0 Å². The third-order valence-electron chi connectivity index (χ3n) is 6.82. The van der Waals surface area contributed by atoms with Crippen molar-refractivity contribution in [1.29, 1.82) is 0 Å². The van der Waals surface area contributed by atoms with Crippen LogP contribution in [0.2, 0.25) is 0 Å². The molecule has 3 aliphatic rings. The average Bonchev–Trinajstić information content (AvgIpc) is 3.34. The molecule has 1 amide bonds. The van der Waals surface area contributed by atoms with Crippen LogP contribution in [0.4, 0.5) is 0 Å². The number of benzene rings is 1. The van der Waals surface area contributed by atoms with Gasteiger partial charge in [0.05, 0.1) is 0 Å². The molecule has 1 aliphatic carbocycles. The van der Waals surface area contributed by atoms with Crippen molar-refractivity contribution in [3.05, 3.63) is 36.0 Å². The highest BCUT2D eigenvalue weighted by Crippen LogP contribution is 2.55. The molecule has 0 N–H and O–H groups in total. The van der Waals surface area contributed by atoms with E-state index in [9.17, 15) is 4.79 Å². The number of carbonyl (C=O) groups is 1. The molecule has 2 aliphatic heterocycles. The van der Waals surface area contributed by atoms with Crippen molar-refractivity contribution in [2.24, 2.45) is 11.3 Å². The van der Waals surface area contributed by atoms with Gasteiger partial charge in [-0.2, -0.15) is 0 Å². The van der Waals surface area contributed by atoms with Gasteiger partial charge < -0.3 is 14.2 Å². The second kappa shape index (κ2) is 5.85. The number of fused-ring (bicyclic) bond motifs is 1. The lowest BCUT2D eigenvalue weighted by Gasteiger charge is -2.59. The molecule has 5 rings (SSSR count). The summed E-state index contributed by atoms with van der Waals surface area (Å²) in [5.41, 5.74) is 2.36. The fourth-order valence-corrected chi connectivity index (χ4v) is 5.33. The molecule has 1 saturated carbocycles. The minimum Gasteiger partial charge on any atom is -0.381 e. The van der Waals surface area contributed by atoms with Crippen molar-refractivity contribution in [3.63, 3.8) is 0 Å². The minimum absolute atomic E-state index is 0.228. The van der Waals surface area contributed by atoms with Gasteiger partial charge in [-0.25, -0.2) is 0 Å². The van der Waals surface area contributed by atoms with Crippen molar-refractivity contribution < 1.29 is 9.53 Å². The molecular weight excluding hydrogens is 324 g/mol. The average molecular weight is 352 g/mol. The summed E-state index contributed by atoms with van der Waals surface area (Å²) >= 11 is 0. The van der Waals surface area contributed by atoms with Crippen LogP contribution in [0.3, 0.4) is 0 Å². The number of rotatable bonds is 3. The van der Waals surface area contributed by atoms with E-state index in [0.717, 1.165) is 49.1 Å². The van der Waals surface area contributed by atoms with Gasteiger partial charge in [0.2, 0.25) is 0 Å². The summed E-state index contributed by atoms with van der Waals surface area (Å²) in [7, 11) is 0. The van der Waals surface area contributed by atoms with Crippen molar-refractivity contribution in [2.45, 2.75) is 51.6 Å². The molecule has 138 valence electrons. The molecule has 4 heteroatoms.